The van der Waals surface area contributed by atoms with E-state index in [-0.39, 0.29) is 5.82 Å². The summed E-state index contributed by atoms with van der Waals surface area (Å²) in [5.74, 6) is 1.32. The maximum Gasteiger partial charge on any atom is 0.123 e. The van der Waals surface area contributed by atoms with Gasteiger partial charge in [-0.1, -0.05) is 6.92 Å². The molecule has 0 radical (unpaired) electrons. The summed E-state index contributed by atoms with van der Waals surface area (Å²) in [6.45, 7) is 7.20. The molecule has 0 atom stereocenters. The molecule has 0 amide bonds. The summed E-state index contributed by atoms with van der Waals surface area (Å²) >= 11 is 0. The molecule has 4 heteroatoms. The number of piperidine rings is 1. The lowest BCUT2D eigenvalue weighted by Crippen LogP contribution is -2.36. The highest BCUT2D eigenvalue weighted by atomic mass is 19.1. The third-order valence-electron chi connectivity index (χ3n) is 4.06. The first-order chi connectivity index (χ1) is 9.72. The molecule has 1 saturated heterocycles. The number of nitrogens with one attached hydrogen (secondary N) is 1. The predicted molar refractivity (Wildman–Crippen MR) is 79.5 cm³/mol. The molecule has 0 bridgehead atoms. The average molecular weight is 280 g/mol. The largest absolute Gasteiger partial charge is 0.496 e. The molecule has 1 aliphatic rings. The van der Waals surface area contributed by atoms with Crippen LogP contribution in [0, 0.1) is 11.7 Å². The van der Waals surface area contributed by atoms with Crippen LogP contribution in [0.3, 0.4) is 0 Å². The van der Waals surface area contributed by atoms with Gasteiger partial charge < -0.3 is 10.1 Å². The number of methoxy groups -OCH3 is 1. The van der Waals surface area contributed by atoms with E-state index in [0.29, 0.717) is 0 Å². The lowest BCUT2D eigenvalue weighted by molar-refractivity contribution is 0.205. The first-order valence-electron chi connectivity index (χ1n) is 7.48. The molecule has 3 nitrogen and oxygen atoms in total. The molecule has 1 heterocycles. The van der Waals surface area contributed by atoms with Crippen LogP contribution in [0.5, 0.6) is 5.75 Å². The number of ether oxygens (including phenoxy) is 1. The molecule has 1 aliphatic heterocycles. The second-order valence-electron chi connectivity index (χ2n) is 5.48. The third-order valence-corrected chi connectivity index (χ3v) is 4.06. The molecule has 0 unspecified atom stereocenters. The summed E-state index contributed by atoms with van der Waals surface area (Å²) < 4.78 is 18.7. The van der Waals surface area contributed by atoms with Gasteiger partial charge in [-0.15, -0.1) is 0 Å². The number of benzene rings is 1. The summed E-state index contributed by atoms with van der Waals surface area (Å²) in [6.07, 6.45) is 2.47. The fourth-order valence-corrected chi connectivity index (χ4v) is 2.85. The van der Waals surface area contributed by atoms with Crippen molar-refractivity contribution in [2.45, 2.75) is 26.3 Å². The van der Waals surface area contributed by atoms with Gasteiger partial charge in [0.15, 0.2) is 0 Å². The summed E-state index contributed by atoms with van der Waals surface area (Å²) in [7, 11) is 1.64. The monoisotopic (exact) mass is 280 g/mol. The molecule has 0 aromatic heterocycles. The van der Waals surface area contributed by atoms with Crippen molar-refractivity contribution in [1.29, 1.82) is 0 Å². The van der Waals surface area contributed by atoms with Gasteiger partial charge in [0.1, 0.15) is 11.6 Å². The molecule has 20 heavy (non-hydrogen) atoms. The third kappa shape index (κ3) is 4.18. The zero-order valence-electron chi connectivity index (χ0n) is 12.5. The van der Waals surface area contributed by atoms with E-state index in [2.05, 4.69) is 17.1 Å². The van der Waals surface area contributed by atoms with E-state index in [1.165, 1.54) is 18.9 Å². The smallest absolute Gasteiger partial charge is 0.123 e. The highest BCUT2D eigenvalue weighted by Gasteiger charge is 2.17. The van der Waals surface area contributed by atoms with Gasteiger partial charge in [0.2, 0.25) is 0 Å². The zero-order valence-corrected chi connectivity index (χ0v) is 12.5. The quantitative estimate of drug-likeness (QED) is 0.867. The van der Waals surface area contributed by atoms with E-state index in [0.717, 1.165) is 50.0 Å². The molecule has 1 fully saturated rings. The van der Waals surface area contributed by atoms with Crippen LogP contribution in [0.25, 0.3) is 0 Å². The predicted octanol–water partition coefficient (Wildman–Crippen LogP) is 2.66. The van der Waals surface area contributed by atoms with Crippen molar-refractivity contribution in [3.63, 3.8) is 0 Å². The maximum absolute atomic E-state index is 13.4. The molecule has 112 valence electrons. The van der Waals surface area contributed by atoms with Crippen LogP contribution in [0.1, 0.15) is 25.3 Å². The Morgan fingerprint density at radius 2 is 2.10 bits per heavy atom. The molecule has 0 spiro atoms. The van der Waals surface area contributed by atoms with Crippen molar-refractivity contribution in [3.8, 4) is 5.75 Å². The van der Waals surface area contributed by atoms with Crippen LogP contribution in [0.4, 0.5) is 4.39 Å². The van der Waals surface area contributed by atoms with Crippen LogP contribution in [0.2, 0.25) is 0 Å². The minimum Gasteiger partial charge on any atom is -0.496 e. The zero-order chi connectivity index (χ0) is 14.4. The number of halogens is 1. The van der Waals surface area contributed by atoms with Crippen molar-refractivity contribution in [1.82, 2.24) is 10.2 Å². The average Bonchev–Trinajstić information content (AvgIpc) is 2.48. The van der Waals surface area contributed by atoms with E-state index in [4.69, 9.17) is 4.74 Å². The number of nitrogens with zero attached hydrogens (tertiary/aromatic N) is 1. The van der Waals surface area contributed by atoms with Crippen LogP contribution in [-0.2, 0) is 6.54 Å². The Morgan fingerprint density at radius 3 is 2.75 bits per heavy atom. The van der Waals surface area contributed by atoms with Crippen LogP contribution in [0.15, 0.2) is 18.2 Å². The van der Waals surface area contributed by atoms with Crippen molar-refractivity contribution >= 4 is 0 Å². The molecule has 1 aromatic rings. The Balaban J connectivity index is 1.99. The summed E-state index contributed by atoms with van der Waals surface area (Å²) in [5.41, 5.74) is 0.934. The highest BCUT2D eigenvalue weighted by molar-refractivity contribution is 5.33. The molecule has 0 saturated carbocycles. The summed E-state index contributed by atoms with van der Waals surface area (Å²) in [5, 5.41) is 3.39. The van der Waals surface area contributed by atoms with Crippen molar-refractivity contribution in [2.24, 2.45) is 5.92 Å². The lowest BCUT2D eigenvalue weighted by atomic mass is 9.97. The normalized spacial score (nSPS) is 16.6. The van der Waals surface area contributed by atoms with Gasteiger partial charge in [-0.05, 0) is 56.6 Å². The fraction of sp³-hybridized carbons (Fsp3) is 0.625. The fourth-order valence-electron chi connectivity index (χ4n) is 2.85. The first kappa shape index (κ1) is 15.3. The van der Waals surface area contributed by atoms with E-state index in [1.54, 1.807) is 19.2 Å². The van der Waals surface area contributed by atoms with Crippen molar-refractivity contribution in [3.05, 3.63) is 29.6 Å². The Bertz CT molecular complexity index is 419. The SMILES string of the molecule is CCN(Cc1cc(F)ccc1OC)CC1CCNCC1. The second-order valence-corrected chi connectivity index (χ2v) is 5.48. The molecule has 1 aromatic carbocycles. The van der Waals surface area contributed by atoms with Crippen LogP contribution < -0.4 is 10.1 Å². The van der Waals surface area contributed by atoms with E-state index >= 15 is 0 Å². The molecule has 2 rings (SSSR count). The standard InChI is InChI=1S/C16H25FN2O/c1-3-19(11-13-6-8-18-9-7-13)12-14-10-15(17)4-5-16(14)20-2/h4-5,10,13,18H,3,6-9,11-12H2,1-2H3. The van der Waals surface area contributed by atoms with Crippen LogP contribution in [-0.4, -0.2) is 38.2 Å². The second kappa shape index (κ2) is 7.60. The highest BCUT2D eigenvalue weighted by Crippen LogP contribution is 2.22. The minimum absolute atomic E-state index is 0.196. The van der Waals surface area contributed by atoms with Crippen molar-refractivity contribution in [2.75, 3.05) is 33.3 Å². The minimum atomic E-state index is -0.196. The van der Waals surface area contributed by atoms with Gasteiger partial charge in [-0.3, -0.25) is 4.90 Å². The summed E-state index contributed by atoms with van der Waals surface area (Å²) in [4.78, 5) is 2.38. The molecular formula is C16H25FN2O. The van der Waals surface area contributed by atoms with Gasteiger partial charge in [0.05, 0.1) is 7.11 Å². The number of hydrogen-bond acceptors (Lipinski definition) is 3. The van der Waals surface area contributed by atoms with E-state index < -0.39 is 0 Å². The molecule has 0 aliphatic carbocycles. The Kier molecular flexibility index (Phi) is 5.80. The lowest BCUT2D eigenvalue weighted by Gasteiger charge is -2.29. The maximum atomic E-state index is 13.4. The van der Waals surface area contributed by atoms with Gasteiger partial charge in [0, 0.05) is 18.7 Å². The number of hydrogen-bond donors (Lipinski definition) is 1. The first-order valence-corrected chi connectivity index (χ1v) is 7.48. The van der Waals surface area contributed by atoms with E-state index in [1.807, 2.05) is 0 Å². The van der Waals surface area contributed by atoms with Gasteiger partial charge in [0.25, 0.3) is 0 Å². The Labute approximate surface area is 121 Å². The molecule has 1 N–H and O–H groups in total. The summed E-state index contributed by atoms with van der Waals surface area (Å²) in [6, 6.07) is 4.75. The van der Waals surface area contributed by atoms with Gasteiger partial charge >= 0.3 is 0 Å². The Hall–Kier alpha value is -1.13. The van der Waals surface area contributed by atoms with Gasteiger partial charge in [-0.2, -0.15) is 0 Å². The van der Waals surface area contributed by atoms with Crippen LogP contribution >= 0.6 is 0 Å². The van der Waals surface area contributed by atoms with Crippen molar-refractivity contribution < 1.29 is 9.13 Å². The van der Waals surface area contributed by atoms with Gasteiger partial charge in [-0.25, -0.2) is 4.39 Å². The number of rotatable bonds is 6. The molecular weight excluding hydrogens is 255 g/mol. The Morgan fingerprint density at radius 1 is 1.35 bits per heavy atom. The van der Waals surface area contributed by atoms with E-state index in [9.17, 15) is 4.39 Å². The topological polar surface area (TPSA) is 24.5 Å².